The fourth-order valence-corrected chi connectivity index (χ4v) is 2.98. The number of carbonyl (C=O) groups is 2. The predicted molar refractivity (Wildman–Crippen MR) is 90.4 cm³/mol. The number of rotatable bonds is 2. The average Bonchev–Trinajstić information content (AvgIpc) is 3.21. The Bertz CT molecular complexity index is 1210. The molecule has 2 amide bonds. The van der Waals surface area contributed by atoms with Gasteiger partial charge in [0.15, 0.2) is 5.69 Å². The van der Waals surface area contributed by atoms with Crippen LogP contribution in [0.4, 0.5) is 19.0 Å². The lowest BCUT2D eigenvalue weighted by atomic mass is 10.1. The van der Waals surface area contributed by atoms with E-state index < -0.39 is 29.2 Å². The molecule has 28 heavy (non-hydrogen) atoms. The van der Waals surface area contributed by atoms with Crippen molar-refractivity contribution in [3.8, 4) is 11.4 Å². The first-order chi connectivity index (χ1) is 13.2. The van der Waals surface area contributed by atoms with Gasteiger partial charge in [-0.2, -0.15) is 18.3 Å². The Labute approximate surface area is 154 Å². The molecular weight excluding hydrogens is 379 g/mol. The molecule has 0 spiro atoms. The number of anilines is 1. The van der Waals surface area contributed by atoms with E-state index in [1.807, 2.05) is 5.32 Å². The number of fused-ring (bicyclic) bond motifs is 1. The Hall–Kier alpha value is -3.89. The number of imide groups is 1. The number of nitrogens with zero attached hydrogens (tertiary/aromatic N) is 3. The highest BCUT2D eigenvalue weighted by molar-refractivity contribution is 6.23. The number of carbonyl (C=O) groups excluding carboxylic acids is 2. The van der Waals surface area contributed by atoms with Gasteiger partial charge in [-0.3, -0.25) is 24.3 Å². The Morgan fingerprint density at radius 3 is 2.32 bits per heavy atom. The highest BCUT2D eigenvalue weighted by Gasteiger charge is 2.34. The van der Waals surface area contributed by atoms with Crippen LogP contribution in [0.25, 0.3) is 11.4 Å². The van der Waals surface area contributed by atoms with Gasteiger partial charge in [0.05, 0.1) is 22.5 Å². The second-order valence-electron chi connectivity index (χ2n) is 5.91. The molecule has 1 aliphatic heterocycles. The highest BCUT2D eigenvalue weighted by atomic mass is 19.4. The Kier molecular flexibility index (Phi) is 3.63. The van der Waals surface area contributed by atoms with Crippen LogP contribution >= 0.6 is 0 Å². The number of pyridine rings is 1. The maximum atomic E-state index is 12.9. The summed E-state index contributed by atoms with van der Waals surface area (Å²) in [4.78, 5) is 36.3. The van der Waals surface area contributed by atoms with E-state index >= 15 is 0 Å². The van der Waals surface area contributed by atoms with Crippen LogP contribution in [0.2, 0.25) is 0 Å². The molecule has 4 rings (SSSR count). The average molecular weight is 389 g/mol. The lowest BCUT2D eigenvalue weighted by molar-refractivity contribution is -0.141. The molecule has 0 unspecified atom stereocenters. The van der Waals surface area contributed by atoms with Gasteiger partial charge in [0.1, 0.15) is 5.82 Å². The summed E-state index contributed by atoms with van der Waals surface area (Å²) in [5.41, 5.74) is 4.04. The van der Waals surface area contributed by atoms with Gasteiger partial charge in [0.25, 0.3) is 17.4 Å². The van der Waals surface area contributed by atoms with Crippen molar-refractivity contribution in [3.05, 3.63) is 69.8 Å². The Morgan fingerprint density at radius 2 is 1.68 bits per heavy atom. The van der Waals surface area contributed by atoms with Gasteiger partial charge in [-0.1, -0.05) is 12.1 Å². The Morgan fingerprint density at radius 1 is 1.00 bits per heavy atom. The predicted octanol–water partition coefficient (Wildman–Crippen LogP) is 1.51. The maximum absolute atomic E-state index is 12.9. The van der Waals surface area contributed by atoms with E-state index in [9.17, 15) is 27.6 Å². The minimum atomic E-state index is -4.64. The first kappa shape index (κ1) is 17.5. The normalized spacial score (nSPS) is 13.5. The molecule has 2 aromatic heterocycles. The monoisotopic (exact) mass is 389 g/mol. The summed E-state index contributed by atoms with van der Waals surface area (Å²) in [6, 6.07) is 7.69. The van der Waals surface area contributed by atoms with Gasteiger partial charge in [-0.15, -0.1) is 0 Å². The molecule has 0 radical (unpaired) electrons. The molecule has 11 heteroatoms. The molecule has 8 nitrogen and oxygen atoms in total. The lowest BCUT2D eigenvalue weighted by Crippen LogP contribution is -2.25. The van der Waals surface area contributed by atoms with Crippen molar-refractivity contribution in [2.45, 2.75) is 6.18 Å². The van der Waals surface area contributed by atoms with Crippen LogP contribution in [-0.4, -0.2) is 26.2 Å². The number of amides is 2. The molecule has 0 atom stereocenters. The third-order valence-corrected chi connectivity index (χ3v) is 4.20. The third-order valence-electron chi connectivity index (χ3n) is 4.20. The molecule has 0 aliphatic carbocycles. The Balaban J connectivity index is 1.95. The number of hydrogen-bond donors (Lipinski definition) is 2. The molecule has 1 aliphatic rings. The first-order valence-electron chi connectivity index (χ1n) is 7.82. The van der Waals surface area contributed by atoms with Gasteiger partial charge in [0, 0.05) is 12.3 Å². The summed E-state index contributed by atoms with van der Waals surface area (Å²) in [6.45, 7) is 0. The largest absolute Gasteiger partial charge is 0.435 e. The van der Waals surface area contributed by atoms with E-state index in [4.69, 9.17) is 5.73 Å². The number of para-hydroxylation sites is 2. The number of nitrogen functional groups attached to an aromatic ring is 1. The topological polar surface area (TPSA) is 112 Å². The van der Waals surface area contributed by atoms with Crippen LogP contribution in [-0.2, 0) is 6.18 Å². The summed E-state index contributed by atoms with van der Waals surface area (Å²) in [5, 5.41) is 5.54. The number of aromatic nitrogens is 3. The third kappa shape index (κ3) is 2.55. The molecule has 0 saturated heterocycles. The number of alkyl halides is 3. The second kappa shape index (κ2) is 5.81. The van der Waals surface area contributed by atoms with E-state index in [2.05, 4.69) is 5.10 Å². The number of nitrogens with one attached hydrogen (secondary N) is 1. The van der Waals surface area contributed by atoms with Gasteiger partial charge < -0.3 is 5.73 Å². The molecule has 3 N–H and O–H groups in total. The SMILES string of the molecule is Nc1c2c(cc(=O)n1-c1ccccc1-n1ccc(C(F)(F)F)n1)C(=O)NC2=O. The summed E-state index contributed by atoms with van der Waals surface area (Å²) >= 11 is 0. The number of halogens is 3. The van der Waals surface area contributed by atoms with E-state index in [1.54, 1.807) is 6.07 Å². The van der Waals surface area contributed by atoms with E-state index in [1.165, 1.54) is 18.2 Å². The van der Waals surface area contributed by atoms with Gasteiger partial charge >= 0.3 is 6.18 Å². The van der Waals surface area contributed by atoms with Crippen molar-refractivity contribution in [2.75, 3.05) is 5.73 Å². The first-order valence-corrected chi connectivity index (χ1v) is 7.82. The molecule has 142 valence electrons. The van der Waals surface area contributed by atoms with Crippen molar-refractivity contribution in [2.24, 2.45) is 0 Å². The zero-order chi connectivity index (χ0) is 20.2. The van der Waals surface area contributed by atoms with E-state index in [0.29, 0.717) is 0 Å². The quantitative estimate of drug-likeness (QED) is 0.646. The smallest absolute Gasteiger partial charge is 0.384 e. The molecule has 3 heterocycles. The van der Waals surface area contributed by atoms with Crippen LogP contribution in [0.15, 0.2) is 47.4 Å². The fraction of sp³-hybridized carbons (Fsp3) is 0.0588. The summed E-state index contributed by atoms with van der Waals surface area (Å²) in [6.07, 6.45) is -3.55. The molecule has 3 aromatic rings. The molecule has 1 aromatic carbocycles. The van der Waals surface area contributed by atoms with Crippen molar-refractivity contribution in [1.29, 1.82) is 0 Å². The van der Waals surface area contributed by atoms with Crippen LogP contribution in [0.3, 0.4) is 0 Å². The van der Waals surface area contributed by atoms with E-state index in [0.717, 1.165) is 27.6 Å². The summed E-state index contributed by atoms with van der Waals surface area (Å²) in [5.74, 6) is -1.81. The van der Waals surface area contributed by atoms with Gasteiger partial charge in [-0.05, 0) is 18.2 Å². The summed E-state index contributed by atoms with van der Waals surface area (Å²) in [7, 11) is 0. The van der Waals surface area contributed by atoms with Crippen molar-refractivity contribution < 1.29 is 22.8 Å². The van der Waals surface area contributed by atoms with Gasteiger partial charge in [0.2, 0.25) is 0 Å². The van der Waals surface area contributed by atoms with E-state index in [-0.39, 0.29) is 28.3 Å². The zero-order valence-corrected chi connectivity index (χ0v) is 13.8. The van der Waals surface area contributed by atoms with Crippen molar-refractivity contribution in [1.82, 2.24) is 19.7 Å². The molecule has 0 fully saturated rings. The van der Waals surface area contributed by atoms with Crippen LogP contribution < -0.4 is 16.6 Å². The number of nitrogens with two attached hydrogens (primary N) is 1. The van der Waals surface area contributed by atoms with Crippen molar-refractivity contribution >= 4 is 17.6 Å². The summed E-state index contributed by atoms with van der Waals surface area (Å²) < 4.78 is 40.5. The fourth-order valence-electron chi connectivity index (χ4n) is 2.98. The number of hydrogen-bond acceptors (Lipinski definition) is 5. The molecular formula is C17H10F3N5O3. The maximum Gasteiger partial charge on any atom is 0.435 e. The zero-order valence-electron chi connectivity index (χ0n) is 13.8. The van der Waals surface area contributed by atoms with Crippen molar-refractivity contribution in [3.63, 3.8) is 0 Å². The minimum absolute atomic E-state index is 0.0942. The van der Waals surface area contributed by atoms with Crippen LogP contribution in [0.1, 0.15) is 26.4 Å². The number of benzene rings is 1. The van der Waals surface area contributed by atoms with Gasteiger partial charge in [-0.25, -0.2) is 4.68 Å². The van der Waals surface area contributed by atoms with Crippen LogP contribution in [0.5, 0.6) is 0 Å². The lowest BCUT2D eigenvalue weighted by Gasteiger charge is -2.15. The minimum Gasteiger partial charge on any atom is -0.384 e. The standard InChI is InChI=1S/C17H10F3N5O3/c18-17(19,20)11-5-6-24(23-11)9-3-1-2-4-10(9)25-12(26)7-8-13(14(25)21)16(28)22-15(8)27/h1-7H,21H2,(H,22,27,28). The van der Waals surface area contributed by atoms with Crippen LogP contribution in [0, 0.1) is 0 Å². The molecule has 0 bridgehead atoms. The molecule has 0 saturated carbocycles. The second-order valence-corrected chi connectivity index (χ2v) is 5.91. The highest BCUT2D eigenvalue weighted by Crippen LogP contribution is 2.29.